The molecule has 1 aromatic rings. The molecule has 0 aromatic heterocycles. The molecule has 1 rings (SSSR count). The summed E-state index contributed by atoms with van der Waals surface area (Å²) in [5, 5.41) is -0.163. The fourth-order valence-corrected chi connectivity index (χ4v) is 1.45. The number of halogens is 2. The smallest absolute Gasteiger partial charge is 0.282 e. The molecule has 76 valence electrons. The van der Waals surface area contributed by atoms with Crippen molar-refractivity contribution in [2.45, 2.75) is 6.92 Å². The molecule has 1 aromatic carbocycles. The Morgan fingerprint density at radius 3 is 2.64 bits per heavy atom. The Kier molecular flexibility index (Phi) is 3.39. The van der Waals surface area contributed by atoms with Crippen LogP contribution in [0.15, 0.2) is 12.1 Å². The molecule has 0 spiro atoms. The minimum atomic E-state index is -0.491. The molecule has 0 aliphatic carbocycles. The maximum Gasteiger partial charge on any atom is 0.282 e. The molecule has 5 heteroatoms. The van der Waals surface area contributed by atoms with Gasteiger partial charge in [-0.3, -0.25) is 4.79 Å². The van der Waals surface area contributed by atoms with Crippen LogP contribution in [0.2, 0.25) is 5.02 Å². The van der Waals surface area contributed by atoms with Gasteiger partial charge in [0.1, 0.15) is 5.82 Å². The second-order valence-electron chi connectivity index (χ2n) is 2.89. The van der Waals surface area contributed by atoms with Gasteiger partial charge in [0.25, 0.3) is 5.24 Å². The number of hydrogen-bond donors (Lipinski definition) is 1. The number of anilines is 1. The van der Waals surface area contributed by atoms with Crippen molar-refractivity contribution in [2.75, 3.05) is 11.9 Å². The van der Waals surface area contributed by atoms with E-state index in [4.69, 9.17) is 11.6 Å². The Bertz CT molecular complexity index is 383. The van der Waals surface area contributed by atoms with Crippen LogP contribution in [0.5, 0.6) is 0 Å². The summed E-state index contributed by atoms with van der Waals surface area (Å²) in [7, 11) is 1.48. The summed E-state index contributed by atoms with van der Waals surface area (Å²) in [6, 6.07) is 2.69. The highest BCUT2D eigenvalue weighted by atomic mass is 35.5. The first-order valence-electron chi connectivity index (χ1n) is 3.85. The van der Waals surface area contributed by atoms with E-state index >= 15 is 0 Å². The van der Waals surface area contributed by atoms with Gasteiger partial charge < -0.3 is 4.90 Å². The highest BCUT2D eigenvalue weighted by Crippen LogP contribution is 2.28. The standard InChI is InChI=1S/C9H9ClFNOS/c1-5-3-6(10)8(4-7(5)11)12(2)9(13)14/h3-4H,1-2H3,(H,13,14). The van der Waals surface area contributed by atoms with Gasteiger partial charge in [-0.15, -0.1) is 0 Å². The van der Waals surface area contributed by atoms with Crippen LogP contribution in [0.4, 0.5) is 14.9 Å². The maximum atomic E-state index is 13.2. The van der Waals surface area contributed by atoms with E-state index in [0.717, 1.165) is 0 Å². The van der Waals surface area contributed by atoms with E-state index in [1.807, 2.05) is 0 Å². The second-order valence-corrected chi connectivity index (χ2v) is 3.68. The molecule has 2 nitrogen and oxygen atoms in total. The summed E-state index contributed by atoms with van der Waals surface area (Å²) in [4.78, 5) is 12.1. The topological polar surface area (TPSA) is 20.3 Å². The minimum Gasteiger partial charge on any atom is -0.305 e. The Morgan fingerprint density at radius 1 is 1.57 bits per heavy atom. The van der Waals surface area contributed by atoms with Crippen molar-refractivity contribution in [3.8, 4) is 0 Å². The number of hydrogen-bond acceptors (Lipinski definition) is 1. The lowest BCUT2D eigenvalue weighted by atomic mass is 10.2. The predicted octanol–water partition coefficient (Wildman–Crippen LogP) is 3.27. The molecule has 0 saturated heterocycles. The van der Waals surface area contributed by atoms with E-state index in [1.165, 1.54) is 24.1 Å². The largest absolute Gasteiger partial charge is 0.305 e. The lowest BCUT2D eigenvalue weighted by Crippen LogP contribution is -2.20. The van der Waals surface area contributed by atoms with E-state index in [0.29, 0.717) is 16.3 Å². The van der Waals surface area contributed by atoms with E-state index < -0.39 is 11.1 Å². The average molecular weight is 234 g/mol. The average Bonchev–Trinajstić information content (AvgIpc) is 2.10. The summed E-state index contributed by atoms with van der Waals surface area (Å²) in [6.07, 6.45) is 0. The van der Waals surface area contributed by atoms with Crippen LogP contribution in [0.25, 0.3) is 0 Å². The number of amides is 1. The normalized spacial score (nSPS) is 10.1. The summed E-state index contributed by atoms with van der Waals surface area (Å²) < 4.78 is 13.2. The van der Waals surface area contributed by atoms with Gasteiger partial charge >= 0.3 is 0 Å². The van der Waals surface area contributed by atoms with Crippen LogP contribution in [-0.2, 0) is 0 Å². The fourth-order valence-electron chi connectivity index (χ4n) is 0.996. The number of nitrogens with zero attached hydrogens (tertiary/aromatic N) is 1. The second kappa shape index (κ2) is 4.19. The molecule has 0 aliphatic rings. The summed E-state index contributed by atoms with van der Waals surface area (Å²) in [6.45, 7) is 1.60. The molecule has 1 amide bonds. The number of rotatable bonds is 1. The third kappa shape index (κ3) is 2.19. The minimum absolute atomic E-state index is 0.315. The van der Waals surface area contributed by atoms with Crippen LogP contribution in [0.3, 0.4) is 0 Å². The van der Waals surface area contributed by atoms with Crippen molar-refractivity contribution in [2.24, 2.45) is 0 Å². The number of thiol groups is 1. The molecule has 14 heavy (non-hydrogen) atoms. The lowest BCUT2D eigenvalue weighted by Gasteiger charge is -2.16. The van der Waals surface area contributed by atoms with Crippen LogP contribution < -0.4 is 4.90 Å². The number of carbonyl (C=O) groups excluding carboxylic acids is 1. The maximum absolute atomic E-state index is 13.2. The van der Waals surface area contributed by atoms with E-state index in [-0.39, 0.29) is 0 Å². The van der Waals surface area contributed by atoms with E-state index in [9.17, 15) is 9.18 Å². The third-order valence-corrected chi connectivity index (χ3v) is 2.48. The SMILES string of the molecule is Cc1cc(Cl)c(N(C)C(=O)S)cc1F. The van der Waals surface area contributed by atoms with Crippen molar-refractivity contribution in [1.82, 2.24) is 0 Å². The van der Waals surface area contributed by atoms with E-state index in [2.05, 4.69) is 12.6 Å². The van der Waals surface area contributed by atoms with Crippen molar-refractivity contribution < 1.29 is 9.18 Å². The van der Waals surface area contributed by atoms with Crippen LogP contribution in [0, 0.1) is 12.7 Å². The summed E-state index contributed by atoms with van der Waals surface area (Å²) in [5.41, 5.74) is 0.758. The molecule has 0 aliphatic heterocycles. The Balaban J connectivity index is 3.22. The molecular weight excluding hydrogens is 225 g/mol. The van der Waals surface area contributed by atoms with Crippen molar-refractivity contribution in [1.29, 1.82) is 0 Å². The number of benzene rings is 1. The number of carbonyl (C=O) groups is 1. The van der Waals surface area contributed by atoms with Gasteiger partial charge in [-0.05, 0) is 24.6 Å². The van der Waals surface area contributed by atoms with Gasteiger partial charge in [-0.2, -0.15) is 0 Å². The molecule has 0 unspecified atom stereocenters. The quantitative estimate of drug-likeness (QED) is 0.739. The van der Waals surface area contributed by atoms with Gasteiger partial charge in [0.15, 0.2) is 0 Å². The molecule has 0 saturated carbocycles. The van der Waals surface area contributed by atoms with Gasteiger partial charge in [-0.25, -0.2) is 4.39 Å². The van der Waals surface area contributed by atoms with Gasteiger partial charge in [0.2, 0.25) is 0 Å². The first kappa shape index (κ1) is 11.3. The highest BCUT2D eigenvalue weighted by Gasteiger charge is 2.12. The zero-order valence-corrected chi connectivity index (χ0v) is 9.36. The molecule has 0 N–H and O–H groups in total. The van der Waals surface area contributed by atoms with Crippen LogP contribution in [-0.4, -0.2) is 12.3 Å². The van der Waals surface area contributed by atoms with Crippen molar-refractivity contribution >= 4 is 35.2 Å². The van der Waals surface area contributed by atoms with Crippen LogP contribution >= 0.6 is 24.2 Å². The summed E-state index contributed by atoms with van der Waals surface area (Å²) in [5.74, 6) is -0.397. The Labute approximate surface area is 92.1 Å². The summed E-state index contributed by atoms with van der Waals surface area (Å²) >= 11 is 9.46. The zero-order valence-electron chi connectivity index (χ0n) is 7.71. The molecular formula is C9H9ClFNOS. The first-order chi connectivity index (χ1) is 6.43. The third-order valence-electron chi connectivity index (χ3n) is 1.88. The number of aryl methyl sites for hydroxylation is 1. The van der Waals surface area contributed by atoms with Gasteiger partial charge in [-0.1, -0.05) is 24.2 Å². The van der Waals surface area contributed by atoms with E-state index in [1.54, 1.807) is 6.92 Å². The first-order valence-corrected chi connectivity index (χ1v) is 4.68. The molecule has 0 bridgehead atoms. The monoisotopic (exact) mass is 233 g/mol. The Hall–Kier alpha value is -0.740. The lowest BCUT2D eigenvalue weighted by molar-refractivity contribution is 0.266. The Morgan fingerprint density at radius 2 is 2.14 bits per heavy atom. The van der Waals surface area contributed by atoms with Gasteiger partial charge in [0, 0.05) is 7.05 Å². The van der Waals surface area contributed by atoms with Gasteiger partial charge in [0.05, 0.1) is 10.7 Å². The zero-order chi connectivity index (χ0) is 10.9. The van der Waals surface area contributed by atoms with Crippen molar-refractivity contribution in [3.63, 3.8) is 0 Å². The predicted molar refractivity (Wildman–Crippen MR) is 58.9 cm³/mol. The van der Waals surface area contributed by atoms with Crippen LogP contribution in [0.1, 0.15) is 5.56 Å². The molecule has 0 atom stereocenters. The van der Waals surface area contributed by atoms with Crippen molar-refractivity contribution in [3.05, 3.63) is 28.5 Å². The molecule has 0 heterocycles. The fraction of sp³-hybridized carbons (Fsp3) is 0.222. The molecule has 0 radical (unpaired) electrons. The highest BCUT2D eigenvalue weighted by molar-refractivity contribution is 7.96. The molecule has 0 fully saturated rings.